The molecule has 3 aliphatic rings. The van der Waals surface area contributed by atoms with Crippen molar-refractivity contribution in [2.75, 3.05) is 0 Å². The predicted molar refractivity (Wildman–Crippen MR) is 83.3 cm³/mol. The highest BCUT2D eigenvalue weighted by molar-refractivity contribution is 7.12. The second-order valence-corrected chi connectivity index (χ2v) is 8.33. The molecule has 3 nitrogen and oxygen atoms in total. The molecule has 1 heterocycles. The minimum atomic E-state index is -0.739. The zero-order valence-electron chi connectivity index (χ0n) is 12.3. The highest BCUT2D eigenvalue weighted by atomic mass is 32.1. The third-order valence-electron chi connectivity index (χ3n) is 6.01. The summed E-state index contributed by atoms with van der Waals surface area (Å²) in [6, 6.07) is 4.75. The van der Waals surface area contributed by atoms with Crippen LogP contribution in [0.5, 0.6) is 0 Å². The van der Waals surface area contributed by atoms with Crippen LogP contribution in [0.25, 0.3) is 0 Å². The molecule has 2 N–H and O–H groups in total. The van der Waals surface area contributed by atoms with Gasteiger partial charge in [0.1, 0.15) is 0 Å². The molecule has 114 valence electrons. The van der Waals surface area contributed by atoms with Crippen LogP contribution in [0.2, 0.25) is 0 Å². The fraction of sp³-hybridized carbons (Fsp3) is 0.706. The van der Waals surface area contributed by atoms with E-state index in [0.717, 1.165) is 35.1 Å². The van der Waals surface area contributed by atoms with Crippen LogP contribution < -0.4 is 5.32 Å². The van der Waals surface area contributed by atoms with Crippen molar-refractivity contribution in [3.8, 4) is 0 Å². The van der Waals surface area contributed by atoms with E-state index >= 15 is 0 Å². The van der Waals surface area contributed by atoms with Crippen LogP contribution in [0.1, 0.15) is 41.9 Å². The summed E-state index contributed by atoms with van der Waals surface area (Å²) in [5.41, 5.74) is 0. The highest BCUT2D eigenvalue weighted by Crippen LogP contribution is 2.58. The van der Waals surface area contributed by atoms with Crippen molar-refractivity contribution in [3.63, 3.8) is 0 Å². The molecule has 0 aromatic carbocycles. The number of fused-ring (bicyclic) bond motifs is 5. The maximum atomic E-state index is 10.7. The lowest BCUT2D eigenvalue weighted by molar-refractivity contribution is -0.136. The number of carboxylic acid groups (broad SMARTS) is 1. The first-order valence-corrected chi connectivity index (χ1v) is 9.05. The molecule has 0 aliphatic heterocycles. The van der Waals surface area contributed by atoms with Crippen LogP contribution in [0.15, 0.2) is 12.1 Å². The first-order chi connectivity index (χ1) is 10.2. The van der Waals surface area contributed by atoms with Gasteiger partial charge < -0.3 is 10.4 Å². The molecule has 21 heavy (non-hydrogen) atoms. The Kier molecular flexibility index (Phi) is 3.54. The topological polar surface area (TPSA) is 49.3 Å². The van der Waals surface area contributed by atoms with E-state index in [1.54, 1.807) is 11.3 Å². The first-order valence-electron chi connectivity index (χ1n) is 8.23. The zero-order valence-corrected chi connectivity index (χ0v) is 13.1. The molecule has 3 aliphatic carbocycles. The maximum absolute atomic E-state index is 10.7. The third-order valence-corrected chi connectivity index (χ3v) is 7.10. The first kappa shape index (κ1) is 13.8. The normalized spacial score (nSPS) is 37.0. The number of hydrogen-bond donors (Lipinski definition) is 2. The lowest BCUT2D eigenvalue weighted by Gasteiger charge is -2.32. The van der Waals surface area contributed by atoms with Gasteiger partial charge in [-0.2, -0.15) is 0 Å². The Morgan fingerprint density at radius 1 is 1.19 bits per heavy atom. The minimum absolute atomic E-state index is 0.155. The molecule has 0 saturated heterocycles. The van der Waals surface area contributed by atoms with Crippen LogP contribution in [0, 0.1) is 23.7 Å². The van der Waals surface area contributed by atoms with Crippen molar-refractivity contribution in [2.45, 2.75) is 51.1 Å². The van der Waals surface area contributed by atoms with E-state index in [0.29, 0.717) is 6.04 Å². The molecule has 5 atom stereocenters. The van der Waals surface area contributed by atoms with E-state index in [1.165, 1.54) is 37.0 Å². The number of thiophene rings is 1. The molecule has 4 heteroatoms. The number of carboxylic acids is 1. The summed E-state index contributed by atoms with van der Waals surface area (Å²) >= 11 is 1.64. The Hall–Kier alpha value is -0.870. The number of hydrogen-bond acceptors (Lipinski definition) is 3. The SMILES string of the molecule is O=C(O)Cc1ccc(CNC2CC3CC2C2CCCC32)s1. The Morgan fingerprint density at radius 3 is 2.86 bits per heavy atom. The fourth-order valence-corrected chi connectivity index (χ4v) is 6.26. The van der Waals surface area contributed by atoms with Crippen molar-refractivity contribution in [1.29, 1.82) is 0 Å². The Bertz CT molecular complexity index is 541. The summed E-state index contributed by atoms with van der Waals surface area (Å²) in [4.78, 5) is 13.0. The molecular weight excluding hydrogens is 282 g/mol. The van der Waals surface area contributed by atoms with Gasteiger partial charge in [0.15, 0.2) is 0 Å². The summed E-state index contributed by atoms with van der Waals surface area (Å²) in [6.07, 6.45) is 7.40. The van der Waals surface area contributed by atoms with Gasteiger partial charge in [0, 0.05) is 22.3 Å². The number of nitrogens with one attached hydrogen (secondary N) is 1. The summed E-state index contributed by atoms with van der Waals surface area (Å²) in [7, 11) is 0. The van der Waals surface area contributed by atoms with Gasteiger partial charge in [-0.3, -0.25) is 4.79 Å². The van der Waals surface area contributed by atoms with Crippen molar-refractivity contribution in [3.05, 3.63) is 21.9 Å². The van der Waals surface area contributed by atoms with Crippen molar-refractivity contribution < 1.29 is 9.90 Å². The van der Waals surface area contributed by atoms with Gasteiger partial charge in [-0.05, 0) is 61.5 Å². The largest absolute Gasteiger partial charge is 0.481 e. The lowest BCUT2D eigenvalue weighted by atomic mass is 9.79. The summed E-state index contributed by atoms with van der Waals surface area (Å²) in [5.74, 6) is 3.23. The molecule has 0 radical (unpaired) electrons. The van der Waals surface area contributed by atoms with Crippen LogP contribution in [0.3, 0.4) is 0 Å². The predicted octanol–water partition coefficient (Wildman–Crippen LogP) is 3.29. The molecule has 4 rings (SSSR count). The van der Waals surface area contributed by atoms with Crippen molar-refractivity contribution >= 4 is 17.3 Å². The highest BCUT2D eigenvalue weighted by Gasteiger charge is 2.53. The van der Waals surface area contributed by atoms with Crippen LogP contribution in [-0.4, -0.2) is 17.1 Å². The van der Waals surface area contributed by atoms with Gasteiger partial charge in [-0.15, -0.1) is 11.3 Å². The minimum Gasteiger partial charge on any atom is -0.481 e. The molecule has 3 fully saturated rings. The summed E-state index contributed by atoms with van der Waals surface area (Å²) in [6.45, 7) is 0.912. The quantitative estimate of drug-likeness (QED) is 0.877. The van der Waals surface area contributed by atoms with E-state index < -0.39 is 5.97 Å². The van der Waals surface area contributed by atoms with Crippen molar-refractivity contribution in [2.24, 2.45) is 23.7 Å². The number of rotatable bonds is 5. The van der Waals surface area contributed by atoms with E-state index in [9.17, 15) is 4.79 Å². The second kappa shape index (κ2) is 5.40. The maximum Gasteiger partial charge on any atom is 0.308 e. The van der Waals surface area contributed by atoms with E-state index in [4.69, 9.17) is 5.11 Å². The average Bonchev–Trinajstić information content (AvgIpc) is 3.17. The average molecular weight is 305 g/mol. The van der Waals surface area contributed by atoms with Gasteiger partial charge >= 0.3 is 5.97 Å². The number of aliphatic carboxylic acids is 1. The molecule has 5 unspecified atom stereocenters. The Balaban J connectivity index is 1.33. The lowest BCUT2D eigenvalue weighted by Crippen LogP contribution is -2.38. The van der Waals surface area contributed by atoms with Gasteiger partial charge in [0.05, 0.1) is 6.42 Å². The van der Waals surface area contributed by atoms with E-state index in [-0.39, 0.29) is 6.42 Å². The molecule has 1 aromatic rings. The monoisotopic (exact) mass is 305 g/mol. The zero-order chi connectivity index (χ0) is 14.4. The van der Waals surface area contributed by atoms with Crippen LogP contribution >= 0.6 is 11.3 Å². The molecular formula is C17H23NO2S. The van der Waals surface area contributed by atoms with Crippen molar-refractivity contribution in [1.82, 2.24) is 5.32 Å². The molecule has 2 bridgehead atoms. The summed E-state index contributed by atoms with van der Waals surface area (Å²) in [5, 5.41) is 12.6. The Morgan fingerprint density at radius 2 is 2.00 bits per heavy atom. The van der Waals surface area contributed by atoms with E-state index in [1.807, 2.05) is 6.07 Å². The fourth-order valence-electron chi connectivity index (χ4n) is 5.30. The molecule has 3 saturated carbocycles. The van der Waals surface area contributed by atoms with Gasteiger partial charge in [-0.1, -0.05) is 6.42 Å². The number of carbonyl (C=O) groups is 1. The molecule has 1 aromatic heterocycles. The molecule has 0 amide bonds. The van der Waals surface area contributed by atoms with Gasteiger partial charge in [0.25, 0.3) is 0 Å². The standard InChI is InChI=1S/C17H23NO2S/c19-17(20)8-11-4-5-12(21-11)9-18-16-7-10-6-15(16)14-3-1-2-13(10)14/h4-5,10,13-16,18H,1-3,6-9H2,(H,19,20). The smallest absolute Gasteiger partial charge is 0.308 e. The Labute approximate surface area is 129 Å². The van der Waals surface area contributed by atoms with Gasteiger partial charge in [0.2, 0.25) is 0 Å². The third kappa shape index (κ3) is 2.53. The van der Waals surface area contributed by atoms with Crippen LogP contribution in [-0.2, 0) is 17.8 Å². The molecule has 0 spiro atoms. The van der Waals surface area contributed by atoms with E-state index in [2.05, 4.69) is 11.4 Å². The van der Waals surface area contributed by atoms with Crippen LogP contribution in [0.4, 0.5) is 0 Å². The summed E-state index contributed by atoms with van der Waals surface area (Å²) < 4.78 is 0. The second-order valence-electron chi connectivity index (χ2n) is 7.08. The van der Waals surface area contributed by atoms with Gasteiger partial charge in [-0.25, -0.2) is 0 Å².